The van der Waals surface area contributed by atoms with Crippen LogP contribution in [0.1, 0.15) is 44.2 Å². The van der Waals surface area contributed by atoms with Gasteiger partial charge < -0.3 is 19.7 Å². The predicted molar refractivity (Wildman–Crippen MR) is 141 cm³/mol. The molecule has 0 radical (unpaired) electrons. The summed E-state index contributed by atoms with van der Waals surface area (Å²) in [7, 11) is 2.67. The third kappa shape index (κ3) is 9.81. The second-order valence-electron chi connectivity index (χ2n) is 7.89. The van der Waals surface area contributed by atoms with Crippen molar-refractivity contribution in [2.45, 2.75) is 57.1 Å². The molecule has 2 aliphatic rings. The quantitative estimate of drug-likeness (QED) is 0.436. The van der Waals surface area contributed by atoms with Crippen molar-refractivity contribution in [1.29, 1.82) is 0 Å². The Hall–Kier alpha value is -3.20. The van der Waals surface area contributed by atoms with Gasteiger partial charge in [-0.25, -0.2) is 9.59 Å². The average Bonchev–Trinajstić information content (AvgIpc) is 3.50. The summed E-state index contributed by atoms with van der Waals surface area (Å²) in [6.45, 7) is 0.472. The van der Waals surface area contributed by atoms with E-state index in [0.717, 1.165) is 10.9 Å². The number of carbonyl (C=O) groups is 4. The number of alkyl halides is 1. The Balaban J connectivity index is 0.000000291. The Kier molecular flexibility index (Phi) is 14.1. The molecule has 0 saturated carbocycles. The van der Waals surface area contributed by atoms with Crippen LogP contribution in [-0.4, -0.2) is 55.0 Å². The van der Waals surface area contributed by atoms with Crippen LogP contribution in [0.25, 0.3) is 0 Å². The maximum absolute atomic E-state index is 11.7. The SMILES string of the molecule is BrCc1ccccc1.C.COC(=O)[C@H]1CCC(=O)N1.COC(=O)[C@H]1CCC(=O)N1Cc1ccccc1. The lowest BCUT2D eigenvalue weighted by atomic mass is 10.2. The summed E-state index contributed by atoms with van der Waals surface area (Å²) in [6, 6.07) is 19.1. The van der Waals surface area contributed by atoms with Gasteiger partial charge in [-0.1, -0.05) is 84.0 Å². The topological polar surface area (TPSA) is 102 Å². The highest BCUT2D eigenvalue weighted by atomic mass is 79.9. The molecule has 2 saturated heterocycles. The number of likely N-dealkylation sites (tertiary alicyclic amines) is 1. The fourth-order valence-corrected chi connectivity index (χ4v) is 3.97. The number of nitrogens with one attached hydrogen (secondary N) is 1. The maximum Gasteiger partial charge on any atom is 0.328 e. The Morgan fingerprint density at radius 1 is 0.889 bits per heavy atom. The van der Waals surface area contributed by atoms with Crippen LogP contribution in [0.5, 0.6) is 0 Å². The van der Waals surface area contributed by atoms with E-state index in [1.54, 1.807) is 4.90 Å². The molecule has 2 aliphatic heterocycles. The maximum atomic E-state index is 11.7. The van der Waals surface area contributed by atoms with Crippen molar-refractivity contribution in [3.8, 4) is 0 Å². The number of ether oxygens (including phenoxy) is 2. The molecule has 36 heavy (non-hydrogen) atoms. The number of esters is 2. The van der Waals surface area contributed by atoms with Crippen molar-refractivity contribution in [1.82, 2.24) is 10.2 Å². The number of methoxy groups -OCH3 is 2. The highest BCUT2D eigenvalue weighted by Crippen LogP contribution is 2.22. The van der Waals surface area contributed by atoms with E-state index in [1.807, 2.05) is 48.5 Å². The zero-order valence-corrected chi connectivity index (χ0v) is 21.5. The van der Waals surface area contributed by atoms with Crippen LogP contribution in [0.2, 0.25) is 0 Å². The Morgan fingerprint density at radius 3 is 1.89 bits per heavy atom. The van der Waals surface area contributed by atoms with E-state index >= 15 is 0 Å². The van der Waals surface area contributed by atoms with E-state index < -0.39 is 12.1 Å². The molecule has 2 aromatic rings. The number of hydrogen-bond donors (Lipinski definition) is 1. The van der Waals surface area contributed by atoms with Gasteiger partial charge in [0.05, 0.1) is 14.2 Å². The normalized spacial score (nSPS) is 17.9. The molecule has 0 aliphatic carbocycles. The van der Waals surface area contributed by atoms with Crippen molar-refractivity contribution in [3.05, 3.63) is 71.8 Å². The largest absolute Gasteiger partial charge is 0.467 e. The number of amides is 2. The van der Waals surface area contributed by atoms with Crippen molar-refractivity contribution >= 4 is 39.7 Å². The van der Waals surface area contributed by atoms with Gasteiger partial charge >= 0.3 is 11.9 Å². The first-order valence-electron chi connectivity index (χ1n) is 11.3. The Morgan fingerprint density at radius 2 is 1.44 bits per heavy atom. The Bertz CT molecular complexity index is 971. The fraction of sp³-hybridized carbons (Fsp3) is 0.407. The van der Waals surface area contributed by atoms with Gasteiger partial charge in [-0.05, 0) is 24.0 Å². The second-order valence-corrected chi connectivity index (χ2v) is 8.45. The molecule has 0 bridgehead atoms. The van der Waals surface area contributed by atoms with Crippen LogP contribution in [-0.2, 0) is 40.5 Å². The lowest BCUT2D eigenvalue weighted by molar-refractivity contribution is -0.149. The highest BCUT2D eigenvalue weighted by molar-refractivity contribution is 9.08. The first-order valence-corrected chi connectivity index (χ1v) is 12.4. The molecule has 4 rings (SSSR count). The minimum Gasteiger partial charge on any atom is -0.467 e. The molecule has 2 amide bonds. The molecule has 1 N–H and O–H groups in total. The first kappa shape index (κ1) is 30.8. The number of rotatable bonds is 5. The van der Waals surface area contributed by atoms with E-state index in [0.29, 0.717) is 32.2 Å². The average molecular weight is 563 g/mol. The molecular weight excluding hydrogens is 528 g/mol. The smallest absolute Gasteiger partial charge is 0.328 e. The van der Waals surface area contributed by atoms with Gasteiger partial charge in [-0.15, -0.1) is 0 Å². The van der Waals surface area contributed by atoms with E-state index in [9.17, 15) is 19.2 Å². The van der Waals surface area contributed by atoms with E-state index in [2.05, 4.69) is 38.1 Å². The summed E-state index contributed by atoms with van der Waals surface area (Å²) >= 11 is 3.36. The number of hydrogen-bond acceptors (Lipinski definition) is 6. The van der Waals surface area contributed by atoms with Crippen LogP contribution in [0.4, 0.5) is 0 Å². The molecule has 0 unspecified atom stereocenters. The van der Waals surface area contributed by atoms with Gasteiger partial charge in [0, 0.05) is 24.7 Å². The third-order valence-corrected chi connectivity index (χ3v) is 6.12. The summed E-state index contributed by atoms with van der Waals surface area (Å²) < 4.78 is 9.15. The van der Waals surface area contributed by atoms with Crippen LogP contribution in [0.3, 0.4) is 0 Å². The van der Waals surface area contributed by atoms with Crippen LogP contribution in [0.15, 0.2) is 60.7 Å². The molecule has 9 heteroatoms. The summed E-state index contributed by atoms with van der Waals surface area (Å²) in [5.41, 5.74) is 2.35. The monoisotopic (exact) mass is 562 g/mol. The number of carbonyl (C=O) groups excluding carboxylic acids is 4. The minimum absolute atomic E-state index is 0. The lowest BCUT2D eigenvalue weighted by Crippen LogP contribution is -2.38. The number of benzene rings is 2. The van der Waals surface area contributed by atoms with Crippen molar-refractivity contribution < 1.29 is 28.7 Å². The third-order valence-electron chi connectivity index (χ3n) is 5.48. The summed E-state index contributed by atoms with van der Waals surface area (Å²) in [6.07, 6.45) is 1.97. The van der Waals surface area contributed by atoms with E-state index in [1.165, 1.54) is 19.8 Å². The van der Waals surface area contributed by atoms with Crippen molar-refractivity contribution in [2.75, 3.05) is 14.2 Å². The minimum atomic E-state index is -0.423. The number of halogens is 1. The number of nitrogens with zero attached hydrogens (tertiary/aromatic N) is 1. The first-order chi connectivity index (χ1) is 16.9. The van der Waals surface area contributed by atoms with Crippen molar-refractivity contribution in [3.63, 3.8) is 0 Å². The van der Waals surface area contributed by atoms with Crippen LogP contribution < -0.4 is 5.32 Å². The van der Waals surface area contributed by atoms with Gasteiger partial charge in [0.2, 0.25) is 11.8 Å². The van der Waals surface area contributed by atoms with Crippen molar-refractivity contribution in [2.24, 2.45) is 0 Å². The zero-order chi connectivity index (χ0) is 25.6. The molecule has 2 heterocycles. The van der Waals surface area contributed by atoms with Gasteiger partial charge in [-0.3, -0.25) is 9.59 Å². The van der Waals surface area contributed by atoms with Crippen LogP contribution in [0, 0.1) is 0 Å². The zero-order valence-electron chi connectivity index (χ0n) is 19.9. The second kappa shape index (κ2) is 16.5. The van der Waals surface area contributed by atoms with E-state index in [-0.39, 0.29) is 31.2 Å². The molecule has 2 fully saturated rings. The molecule has 2 aromatic carbocycles. The molecule has 0 aromatic heterocycles. The summed E-state index contributed by atoms with van der Waals surface area (Å²) in [5, 5.41) is 3.44. The molecule has 2 atom stereocenters. The molecule has 8 nitrogen and oxygen atoms in total. The Labute approximate surface area is 221 Å². The van der Waals surface area contributed by atoms with E-state index in [4.69, 9.17) is 4.74 Å². The summed E-state index contributed by atoms with van der Waals surface area (Å²) in [4.78, 5) is 46.1. The van der Waals surface area contributed by atoms with Gasteiger partial charge in [0.15, 0.2) is 0 Å². The molecule has 196 valence electrons. The van der Waals surface area contributed by atoms with Crippen LogP contribution >= 0.6 is 15.9 Å². The van der Waals surface area contributed by atoms with Gasteiger partial charge in [-0.2, -0.15) is 0 Å². The standard InChI is InChI=1S/C13H15NO3.C7H7Br.C6H9NO3.CH4/c1-17-13(16)11-7-8-12(15)14(11)9-10-5-3-2-4-6-10;8-6-7-4-2-1-3-5-7;1-10-6(9)4-2-3-5(8)7-4;/h2-6,11H,7-9H2,1H3;1-5H,6H2;4H,2-3H2,1H3,(H,7,8);1H4/t11-;;4-;/m1.1./s1. The van der Waals surface area contributed by atoms with Gasteiger partial charge in [0.25, 0.3) is 0 Å². The molecular formula is C27H35BrN2O6. The summed E-state index contributed by atoms with van der Waals surface area (Å²) in [5.74, 6) is -0.739. The predicted octanol–water partition coefficient (Wildman–Crippen LogP) is 4.01. The molecule has 0 spiro atoms. The van der Waals surface area contributed by atoms with Gasteiger partial charge in [0.1, 0.15) is 12.1 Å². The highest BCUT2D eigenvalue weighted by Gasteiger charge is 2.36. The lowest BCUT2D eigenvalue weighted by Gasteiger charge is -2.22. The fourth-order valence-electron chi connectivity index (χ4n) is 3.59.